The second-order valence-corrected chi connectivity index (χ2v) is 7.90. The summed E-state index contributed by atoms with van der Waals surface area (Å²) >= 11 is 17.9. The van der Waals surface area contributed by atoms with Crippen molar-refractivity contribution in [2.45, 2.75) is 4.90 Å². The summed E-state index contributed by atoms with van der Waals surface area (Å²) < 4.78 is 28.2. The number of rotatable bonds is 2. The van der Waals surface area contributed by atoms with E-state index in [-0.39, 0.29) is 20.6 Å². The van der Waals surface area contributed by atoms with Gasteiger partial charge in [-0.05, 0) is 6.07 Å². The molecule has 0 N–H and O–H groups in total. The molecule has 0 bridgehead atoms. The van der Waals surface area contributed by atoms with Gasteiger partial charge in [0.2, 0.25) is 0 Å². The second-order valence-electron chi connectivity index (χ2n) is 4.20. The van der Waals surface area contributed by atoms with Crippen molar-refractivity contribution in [3.8, 4) is 0 Å². The van der Waals surface area contributed by atoms with E-state index in [1.165, 1.54) is 4.90 Å². The van der Waals surface area contributed by atoms with Crippen LogP contribution in [0.5, 0.6) is 0 Å². The first kappa shape index (κ1) is 17.1. The van der Waals surface area contributed by atoms with E-state index in [1.54, 1.807) is 0 Å². The number of amides is 1. The Labute approximate surface area is 141 Å². The van der Waals surface area contributed by atoms with Gasteiger partial charge in [-0.3, -0.25) is 4.79 Å². The van der Waals surface area contributed by atoms with E-state index >= 15 is 0 Å². The molecule has 1 aliphatic rings. The van der Waals surface area contributed by atoms with Crippen LogP contribution < -0.4 is 0 Å². The molecule has 1 amide bonds. The largest absolute Gasteiger partial charge is 0.378 e. The first-order chi connectivity index (χ1) is 9.73. The minimum atomic E-state index is -4.16. The summed E-state index contributed by atoms with van der Waals surface area (Å²) in [6.07, 6.45) is 0. The van der Waals surface area contributed by atoms with Crippen molar-refractivity contribution in [3.63, 3.8) is 0 Å². The van der Waals surface area contributed by atoms with Gasteiger partial charge in [-0.1, -0.05) is 34.8 Å². The van der Waals surface area contributed by atoms with E-state index in [2.05, 4.69) is 0 Å². The van der Waals surface area contributed by atoms with Crippen molar-refractivity contribution in [2.75, 3.05) is 26.3 Å². The van der Waals surface area contributed by atoms with Crippen molar-refractivity contribution in [2.24, 2.45) is 0 Å². The summed E-state index contributed by atoms with van der Waals surface area (Å²) in [6, 6.07) is 1.02. The topological polar surface area (TPSA) is 63.7 Å². The molecule has 0 saturated carbocycles. The van der Waals surface area contributed by atoms with E-state index < -0.39 is 19.9 Å². The van der Waals surface area contributed by atoms with Gasteiger partial charge in [0, 0.05) is 23.8 Å². The molecule has 10 heteroatoms. The zero-order valence-electron chi connectivity index (χ0n) is 10.4. The molecule has 0 aliphatic carbocycles. The molecule has 5 nitrogen and oxygen atoms in total. The molecule has 1 heterocycles. The Morgan fingerprint density at radius 3 is 2.24 bits per heavy atom. The average molecular weight is 393 g/mol. The zero-order chi connectivity index (χ0) is 15.8. The molecule has 1 saturated heterocycles. The molecule has 0 aromatic heterocycles. The second kappa shape index (κ2) is 6.48. The van der Waals surface area contributed by atoms with Crippen LogP contribution in [0.2, 0.25) is 15.1 Å². The maximum absolute atomic E-state index is 12.5. The number of carbonyl (C=O) groups excluding carboxylic acids is 1. The quantitative estimate of drug-likeness (QED) is 0.573. The lowest BCUT2D eigenvalue weighted by atomic mass is 10.2. The summed E-state index contributed by atoms with van der Waals surface area (Å²) in [5.41, 5.74) is -0.174. The highest BCUT2D eigenvalue weighted by atomic mass is 35.7. The average Bonchev–Trinajstić information content (AvgIpc) is 2.42. The van der Waals surface area contributed by atoms with E-state index in [1.807, 2.05) is 0 Å². The molecule has 0 spiro atoms. The van der Waals surface area contributed by atoms with Crippen molar-refractivity contribution < 1.29 is 17.9 Å². The lowest BCUT2D eigenvalue weighted by Gasteiger charge is -2.27. The number of hydrogen-bond acceptors (Lipinski definition) is 4. The van der Waals surface area contributed by atoms with Crippen LogP contribution >= 0.6 is 45.5 Å². The Hall–Kier alpha value is -0.240. The Bertz CT molecular complexity index is 686. The van der Waals surface area contributed by atoms with Gasteiger partial charge >= 0.3 is 0 Å². The molecular weight excluding hydrogens is 384 g/mol. The molecular formula is C11H9Cl4NO4S. The van der Waals surface area contributed by atoms with Gasteiger partial charge in [0.25, 0.3) is 15.0 Å². The van der Waals surface area contributed by atoms with Gasteiger partial charge in [-0.15, -0.1) is 0 Å². The maximum atomic E-state index is 12.5. The molecule has 0 atom stereocenters. The minimum absolute atomic E-state index is 0.109. The lowest BCUT2D eigenvalue weighted by molar-refractivity contribution is 0.0303. The summed E-state index contributed by atoms with van der Waals surface area (Å²) in [6.45, 7) is 1.45. The summed E-state index contributed by atoms with van der Waals surface area (Å²) in [5.74, 6) is -0.516. The molecule has 1 aromatic rings. The fraction of sp³-hybridized carbons (Fsp3) is 0.364. The highest BCUT2D eigenvalue weighted by molar-refractivity contribution is 8.13. The molecule has 21 heavy (non-hydrogen) atoms. The van der Waals surface area contributed by atoms with E-state index in [0.29, 0.717) is 26.3 Å². The van der Waals surface area contributed by atoms with Crippen LogP contribution in [0.3, 0.4) is 0 Å². The van der Waals surface area contributed by atoms with Crippen LogP contribution in [0.4, 0.5) is 0 Å². The number of benzene rings is 1. The number of ether oxygens (including phenoxy) is 1. The SMILES string of the molecule is O=C(c1c(Cl)c(Cl)cc(S(=O)(=O)Cl)c1Cl)N1CCOCC1. The van der Waals surface area contributed by atoms with Gasteiger partial charge < -0.3 is 9.64 Å². The molecule has 1 aliphatic heterocycles. The van der Waals surface area contributed by atoms with Crippen molar-refractivity contribution >= 4 is 60.4 Å². The van der Waals surface area contributed by atoms with Crippen LogP contribution in [-0.2, 0) is 13.8 Å². The van der Waals surface area contributed by atoms with Gasteiger partial charge in [0.1, 0.15) is 4.90 Å². The molecule has 0 unspecified atom stereocenters. The van der Waals surface area contributed by atoms with Crippen LogP contribution in [0.15, 0.2) is 11.0 Å². The maximum Gasteiger partial charge on any atom is 0.262 e. The van der Waals surface area contributed by atoms with Crippen molar-refractivity contribution in [1.29, 1.82) is 0 Å². The van der Waals surface area contributed by atoms with Gasteiger partial charge in [0.05, 0.1) is 33.8 Å². The van der Waals surface area contributed by atoms with Gasteiger partial charge in [-0.25, -0.2) is 8.42 Å². The molecule has 116 valence electrons. The Morgan fingerprint density at radius 2 is 1.71 bits per heavy atom. The van der Waals surface area contributed by atoms with Crippen LogP contribution in [0, 0.1) is 0 Å². The Balaban J connectivity index is 2.57. The Kier molecular flexibility index (Phi) is 5.28. The molecule has 2 rings (SSSR count). The van der Waals surface area contributed by atoms with Gasteiger partial charge in [-0.2, -0.15) is 0 Å². The Morgan fingerprint density at radius 1 is 1.14 bits per heavy atom. The van der Waals surface area contributed by atoms with Gasteiger partial charge in [0.15, 0.2) is 0 Å². The highest BCUT2D eigenvalue weighted by Gasteiger charge is 2.29. The first-order valence-electron chi connectivity index (χ1n) is 5.72. The predicted octanol–water partition coefficient (Wildman–Crippen LogP) is 3.05. The van der Waals surface area contributed by atoms with Crippen LogP contribution in [0.25, 0.3) is 0 Å². The third-order valence-electron chi connectivity index (χ3n) is 2.90. The van der Waals surface area contributed by atoms with E-state index in [4.69, 9.17) is 50.2 Å². The number of carbonyl (C=O) groups is 1. The molecule has 0 radical (unpaired) electrons. The third-order valence-corrected chi connectivity index (χ3v) is 5.54. The predicted molar refractivity (Wildman–Crippen MR) is 81.2 cm³/mol. The third kappa shape index (κ3) is 3.57. The van der Waals surface area contributed by atoms with Crippen LogP contribution in [-0.4, -0.2) is 45.5 Å². The highest BCUT2D eigenvalue weighted by Crippen LogP contribution is 2.38. The molecule has 1 fully saturated rings. The van der Waals surface area contributed by atoms with Crippen molar-refractivity contribution in [3.05, 3.63) is 26.7 Å². The summed E-state index contributed by atoms with van der Waals surface area (Å²) in [7, 11) is 1.13. The summed E-state index contributed by atoms with van der Waals surface area (Å²) in [4.78, 5) is 13.5. The summed E-state index contributed by atoms with van der Waals surface area (Å²) in [5, 5.41) is -0.560. The number of halogens is 4. The number of nitrogens with zero attached hydrogens (tertiary/aromatic N) is 1. The normalized spacial score (nSPS) is 16.1. The van der Waals surface area contributed by atoms with E-state index in [9.17, 15) is 13.2 Å². The standard InChI is InChI=1S/C11H9Cl4NO4S/c12-6-5-7(21(15,18)19)10(14)8(9(6)13)11(17)16-1-3-20-4-2-16/h5H,1-4H2. The van der Waals surface area contributed by atoms with Crippen molar-refractivity contribution in [1.82, 2.24) is 4.90 Å². The molecule has 1 aromatic carbocycles. The number of hydrogen-bond donors (Lipinski definition) is 0. The lowest BCUT2D eigenvalue weighted by Crippen LogP contribution is -2.41. The minimum Gasteiger partial charge on any atom is -0.378 e. The monoisotopic (exact) mass is 391 g/mol. The fourth-order valence-corrected chi connectivity index (χ4v) is 4.01. The number of morpholine rings is 1. The van der Waals surface area contributed by atoms with E-state index in [0.717, 1.165) is 6.07 Å². The zero-order valence-corrected chi connectivity index (χ0v) is 14.2. The van der Waals surface area contributed by atoms with Crippen LogP contribution in [0.1, 0.15) is 10.4 Å². The smallest absolute Gasteiger partial charge is 0.262 e. The first-order valence-corrected chi connectivity index (χ1v) is 9.17. The fourth-order valence-electron chi connectivity index (χ4n) is 1.87.